The molecule has 164 valence electrons. The Balaban J connectivity index is 1.26. The van der Waals surface area contributed by atoms with Gasteiger partial charge in [0.15, 0.2) is 5.43 Å². The lowest BCUT2D eigenvalue weighted by Crippen LogP contribution is -2.38. The average molecular weight is 439 g/mol. The molecular weight excluding hydrogens is 408 g/mol. The molecule has 31 heavy (non-hydrogen) atoms. The molecule has 3 heterocycles. The second-order valence-electron chi connectivity index (χ2n) is 8.54. The summed E-state index contributed by atoms with van der Waals surface area (Å²) in [6, 6.07) is 11.6. The molecule has 3 aromatic rings. The molecule has 0 N–H and O–H groups in total. The second kappa shape index (κ2) is 9.55. The van der Waals surface area contributed by atoms with Gasteiger partial charge in [-0.15, -0.1) is 11.3 Å². The first-order chi connectivity index (χ1) is 15.3. The van der Waals surface area contributed by atoms with E-state index in [1.165, 1.54) is 39.0 Å². The number of hydrogen-bond donors (Lipinski definition) is 0. The first-order valence-corrected chi connectivity index (χ1v) is 12.3. The summed E-state index contributed by atoms with van der Waals surface area (Å²) < 4.78 is 13.8. The minimum absolute atomic E-state index is 0.0809. The lowest BCUT2D eigenvalue weighted by atomic mass is 10.1. The van der Waals surface area contributed by atoms with Gasteiger partial charge in [0.25, 0.3) is 0 Å². The Hall–Kier alpha value is -2.15. The van der Waals surface area contributed by atoms with Gasteiger partial charge < -0.3 is 19.3 Å². The van der Waals surface area contributed by atoms with E-state index >= 15 is 0 Å². The summed E-state index contributed by atoms with van der Waals surface area (Å²) in [5.41, 5.74) is 0.0809. The molecule has 2 aliphatic heterocycles. The van der Waals surface area contributed by atoms with Gasteiger partial charge in [-0.25, -0.2) is 0 Å². The Morgan fingerprint density at radius 3 is 1.65 bits per heavy atom. The van der Waals surface area contributed by atoms with E-state index in [4.69, 9.17) is 9.47 Å². The van der Waals surface area contributed by atoms with Gasteiger partial charge in [0.1, 0.15) is 11.5 Å². The maximum Gasteiger partial charge on any atom is 0.195 e. The van der Waals surface area contributed by atoms with Crippen LogP contribution in [0.15, 0.2) is 41.2 Å². The standard InChI is InChI=1S/C25H30N2O3S/c28-25-21-7-5-19(29-15-3-13-26-9-1-10-26)17-23(21)31-24-18-20(6-8-22(24)25)30-16-4-14-27-11-2-12-27/h5-8,17-18H,1-4,9-16H2. The van der Waals surface area contributed by atoms with Crippen LogP contribution in [0.2, 0.25) is 0 Å². The van der Waals surface area contributed by atoms with Crippen LogP contribution in [0, 0.1) is 0 Å². The summed E-state index contributed by atoms with van der Waals surface area (Å²) in [6.07, 6.45) is 4.71. The molecule has 0 atom stereocenters. The molecule has 6 heteroatoms. The van der Waals surface area contributed by atoms with Gasteiger partial charge in [-0.05, 0) is 88.3 Å². The minimum Gasteiger partial charge on any atom is -0.493 e. The van der Waals surface area contributed by atoms with Gasteiger partial charge in [0.2, 0.25) is 0 Å². The molecule has 5 rings (SSSR count). The van der Waals surface area contributed by atoms with Gasteiger partial charge >= 0.3 is 0 Å². The Kier molecular flexibility index (Phi) is 6.39. The highest BCUT2D eigenvalue weighted by atomic mass is 32.1. The van der Waals surface area contributed by atoms with E-state index in [0.717, 1.165) is 57.6 Å². The van der Waals surface area contributed by atoms with Crippen molar-refractivity contribution >= 4 is 31.5 Å². The monoisotopic (exact) mass is 438 g/mol. The van der Waals surface area contributed by atoms with E-state index in [1.54, 1.807) is 11.3 Å². The predicted octanol–water partition coefficient (Wildman–Crippen LogP) is 4.36. The zero-order chi connectivity index (χ0) is 21.0. The molecule has 1 aromatic heterocycles. The zero-order valence-electron chi connectivity index (χ0n) is 18.0. The van der Waals surface area contributed by atoms with E-state index in [0.29, 0.717) is 13.2 Å². The van der Waals surface area contributed by atoms with Crippen molar-refractivity contribution in [3.63, 3.8) is 0 Å². The normalized spacial score (nSPS) is 16.9. The van der Waals surface area contributed by atoms with Crippen LogP contribution in [0.25, 0.3) is 20.2 Å². The van der Waals surface area contributed by atoms with E-state index in [2.05, 4.69) is 9.80 Å². The fraction of sp³-hybridized carbons (Fsp3) is 0.480. The summed E-state index contributed by atoms with van der Waals surface area (Å²) in [5, 5.41) is 1.52. The lowest BCUT2D eigenvalue weighted by molar-refractivity contribution is 0.165. The van der Waals surface area contributed by atoms with Crippen LogP contribution in [0.5, 0.6) is 11.5 Å². The fourth-order valence-electron chi connectivity index (χ4n) is 4.16. The average Bonchev–Trinajstić information content (AvgIpc) is 2.70. The van der Waals surface area contributed by atoms with Gasteiger partial charge in [-0.2, -0.15) is 0 Å². The van der Waals surface area contributed by atoms with Gasteiger partial charge in [-0.3, -0.25) is 4.79 Å². The first-order valence-electron chi connectivity index (χ1n) is 11.5. The van der Waals surface area contributed by atoms with E-state index < -0.39 is 0 Å². The van der Waals surface area contributed by atoms with Gasteiger partial charge in [0.05, 0.1) is 13.2 Å². The summed E-state index contributed by atoms with van der Waals surface area (Å²) in [5.74, 6) is 1.68. The molecule has 0 saturated carbocycles. The van der Waals surface area contributed by atoms with Crippen LogP contribution >= 0.6 is 11.3 Å². The molecule has 0 radical (unpaired) electrons. The van der Waals surface area contributed by atoms with Crippen LogP contribution in [-0.2, 0) is 0 Å². The third-order valence-corrected chi connectivity index (χ3v) is 7.40. The highest BCUT2D eigenvalue weighted by molar-refractivity contribution is 7.24. The number of benzene rings is 2. The quantitative estimate of drug-likeness (QED) is 0.347. The molecule has 5 nitrogen and oxygen atoms in total. The molecule has 2 fully saturated rings. The third kappa shape index (κ3) is 4.86. The molecule has 0 spiro atoms. The van der Waals surface area contributed by atoms with E-state index in [1.807, 2.05) is 36.4 Å². The van der Waals surface area contributed by atoms with Crippen LogP contribution < -0.4 is 14.9 Å². The number of nitrogens with zero attached hydrogens (tertiary/aromatic N) is 2. The van der Waals surface area contributed by atoms with E-state index in [9.17, 15) is 4.79 Å². The number of likely N-dealkylation sites (tertiary alicyclic amines) is 2. The molecule has 2 aromatic carbocycles. The van der Waals surface area contributed by atoms with Crippen LogP contribution in [0.4, 0.5) is 0 Å². The number of ether oxygens (including phenoxy) is 2. The Morgan fingerprint density at radius 2 is 1.23 bits per heavy atom. The van der Waals surface area contributed by atoms with Crippen molar-refractivity contribution < 1.29 is 9.47 Å². The van der Waals surface area contributed by atoms with Gasteiger partial charge in [0, 0.05) is 33.3 Å². The molecule has 0 unspecified atom stereocenters. The Bertz CT molecular complexity index is 1020. The molecule has 0 amide bonds. The fourth-order valence-corrected chi connectivity index (χ4v) is 5.29. The largest absolute Gasteiger partial charge is 0.493 e. The molecule has 2 aliphatic rings. The maximum atomic E-state index is 13.0. The predicted molar refractivity (Wildman–Crippen MR) is 128 cm³/mol. The minimum atomic E-state index is 0.0809. The summed E-state index contributed by atoms with van der Waals surface area (Å²) in [6.45, 7) is 8.52. The van der Waals surface area contributed by atoms with Crippen molar-refractivity contribution in [1.82, 2.24) is 9.80 Å². The maximum absolute atomic E-state index is 13.0. The van der Waals surface area contributed by atoms with Crippen molar-refractivity contribution in [2.24, 2.45) is 0 Å². The number of fused-ring (bicyclic) bond motifs is 2. The summed E-state index contributed by atoms with van der Waals surface area (Å²) in [7, 11) is 0. The molecular formula is C25H30N2O3S. The second-order valence-corrected chi connectivity index (χ2v) is 9.63. The Morgan fingerprint density at radius 1 is 0.742 bits per heavy atom. The number of rotatable bonds is 10. The summed E-state index contributed by atoms with van der Waals surface area (Å²) >= 11 is 1.63. The van der Waals surface area contributed by atoms with Crippen molar-refractivity contribution in [3.8, 4) is 11.5 Å². The molecule has 2 saturated heterocycles. The van der Waals surface area contributed by atoms with E-state index in [-0.39, 0.29) is 5.43 Å². The highest BCUT2D eigenvalue weighted by Gasteiger charge is 2.14. The van der Waals surface area contributed by atoms with Crippen LogP contribution in [-0.4, -0.2) is 62.3 Å². The smallest absolute Gasteiger partial charge is 0.195 e. The lowest BCUT2D eigenvalue weighted by Gasteiger charge is -2.30. The molecule has 0 aliphatic carbocycles. The Labute approximate surface area is 187 Å². The highest BCUT2D eigenvalue weighted by Crippen LogP contribution is 2.30. The topological polar surface area (TPSA) is 42.0 Å². The van der Waals surface area contributed by atoms with Crippen molar-refractivity contribution in [1.29, 1.82) is 0 Å². The van der Waals surface area contributed by atoms with Crippen LogP contribution in [0.1, 0.15) is 25.7 Å². The van der Waals surface area contributed by atoms with Crippen molar-refractivity contribution in [3.05, 3.63) is 46.6 Å². The summed E-state index contributed by atoms with van der Waals surface area (Å²) in [4.78, 5) is 17.9. The van der Waals surface area contributed by atoms with Crippen molar-refractivity contribution in [2.75, 3.05) is 52.5 Å². The number of hydrogen-bond acceptors (Lipinski definition) is 6. The molecule has 0 bridgehead atoms. The third-order valence-electron chi connectivity index (χ3n) is 6.29. The first kappa shape index (κ1) is 20.7. The van der Waals surface area contributed by atoms with Gasteiger partial charge in [-0.1, -0.05) is 0 Å². The van der Waals surface area contributed by atoms with Crippen LogP contribution in [0.3, 0.4) is 0 Å². The zero-order valence-corrected chi connectivity index (χ0v) is 18.8. The van der Waals surface area contributed by atoms with Crippen molar-refractivity contribution in [2.45, 2.75) is 25.7 Å². The SMILES string of the molecule is O=c1c2ccc(OCCCN3CCC3)cc2sc2cc(OCCCN3CCC3)ccc12.